The van der Waals surface area contributed by atoms with Crippen molar-refractivity contribution in [2.24, 2.45) is 0 Å². The fraction of sp³-hybridized carbons (Fsp3) is 0.500. The number of hydrogen-bond acceptors (Lipinski definition) is 2. The molecular formula is C14H19NO2. The molecule has 0 spiro atoms. The van der Waals surface area contributed by atoms with Gasteiger partial charge in [0.25, 0.3) is 0 Å². The Bertz CT molecular complexity index is 406. The molecule has 17 heavy (non-hydrogen) atoms. The van der Waals surface area contributed by atoms with Gasteiger partial charge in [0.2, 0.25) is 5.91 Å². The third-order valence-electron chi connectivity index (χ3n) is 3.34. The number of hydrogen-bond donors (Lipinski definition) is 1. The Kier molecular flexibility index (Phi) is 3.48. The topological polar surface area (TPSA) is 40.5 Å². The molecule has 1 amide bonds. The SMILES string of the molecule is CCc1cccc(CC)c1N1CC(O)CC1=O. The molecule has 0 aliphatic carbocycles. The number of rotatable bonds is 3. The summed E-state index contributed by atoms with van der Waals surface area (Å²) in [6, 6.07) is 6.16. The van der Waals surface area contributed by atoms with E-state index in [1.807, 2.05) is 6.07 Å². The van der Waals surface area contributed by atoms with Crippen molar-refractivity contribution in [3.8, 4) is 0 Å². The Morgan fingerprint density at radius 3 is 2.29 bits per heavy atom. The third-order valence-corrected chi connectivity index (χ3v) is 3.34. The summed E-state index contributed by atoms with van der Waals surface area (Å²) in [4.78, 5) is 13.6. The van der Waals surface area contributed by atoms with Crippen molar-refractivity contribution in [2.45, 2.75) is 39.2 Å². The Labute approximate surface area is 102 Å². The summed E-state index contributed by atoms with van der Waals surface area (Å²) >= 11 is 0. The molecule has 3 nitrogen and oxygen atoms in total. The smallest absolute Gasteiger partial charge is 0.229 e. The van der Waals surface area contributed by atoms with Crippen LogP contribution < -0.4 is 4.90 Å². The van der Waals surface area contributed by atoms with E-state index in [1.165, 1.54) is 11.1 Å². The Balaban J connectivity index is 2.46. The quantitative estimate of drug-likeness (QED) is 0.866. The molecule has 1 N–H and O–H groups in total. The largest absolute Gasteiger partial charge is 0.391 e. The Morgan fingerprint density at radius 1 is 1.29 bits per heavy atom. The molecule has 1 aromatic carbocycles. The first-order valence-corrected chi connectivity index (χ1v) is 6.26. The number of aliphatic hydroxyl groups is 1. The van der Waals surface area contributed by atoms with Crippen molar-refractivity contribution in [1.29, 1.82) is 0 Å². The van der Waals surface area contributed by atoms with Crippen LogP contribution in [0.1, 0.15) is 31.4 Å². The molecule has 1 heterocycles. The lowest BCUT2D eigenvalue weighted by Crippen LogP contribution is -2.27. The van der Waals surface area contributed by atoms with Crippen LogP contribution in [0.15, 0.2) is 18.2 Å². The third kappa shape index (κ3) is 2.20. The maximum atomic E-state index is 11.9. The first-order chi connectivity index (χ1) is 8.17. The number of benzene rings is 1. The van der Waals surface area contributed by atoms with E-state index < -0.39 is 6.10 Å². The zero-order chi connectivity index (χ0) is 12.4. The second-order valence-corrected chi connectivity index (χ2v) is 4.49. The molecule has 0 aromatic heterocycles. The fourth-order valence-electron chi connectivity index (χ4n) is 2.47. The number of aliphatic hydroxyl groups excluding tert-OH is 1. The average Bonchev–Trinajstić information content (AvgIpc) is 2.67. The molecule has 1 aliphatic heterocycles. The highest BCUT2D eigenvalue weighted by atomic mass is 16.3. The number of carbonyl (C=O) groups excluding carboxylic acids is 1. The molecule has 1 atom stereocenters. The number of aryl methyl sites for hydroxylation is 2. The van der Waals surface area contributed by atoms with Gasteiger partial charge in [-0.3, -0.25) is 4.79 Å². The number of β-amino-alcohol motifs (C(OH)–C–C–N with tert-alkyl or cyclic N) is 1. The normalized spacial score (nSPS) is 20.1. The molecule has 92 valence electrons. The standard InChI is InChI=1S/C14H19NO2/c1-3-10-6-5-7-11(4-2)14(10)15-9-12(16)8-13(15)17/h5-7,12,16H,3-4,8-9H2,1-2H3. The van der Waals surface area contributed by atoms with Gasteiger partial charge in [-0.15, -0.1) is 0 Å². The molecule has 0 radical (unpaired) electrons. The summed E-state index contributed by atoms with van der Waals surface area (Å²) in [5.74, 6) is 0.0353. The van der Waals surface area contributed by atoms with E-state index in [2.05, 4.69) is 26.0 Å². The lowest BCUT2D eigenvalue weighted by Gasteiger charge is -2.22. The minimum Gasteiger partial charge on any atom is -0.391 e. The van der Waals surface area contributed by atoms with Crippen LogP contribution in [0.25, 0.3) is 0 Å². The van der Waals surface area contributed by atoms with E-state index in [-0.39, 0.29) is 12.3 Å². The minimum absolute atomic E-state index is 0.0353. The van der Waals surface area contributed by atoms with Crippen LogP contribution in [-0.4, -0.2) is 23.7 Å². The molecule has 1 saturated heterocycles. The second-order valence-electron chi connectivity index (χ2n) is 4.49. The van der Waals surface area contributed by atoms with Crippen molar-refractivity contribution in [1.82, 2.24) is 0 Å². The molecule has 1 aliphatic rings. The predicted molar refractivity (Wildman–Crippen MR) is 68.2 cm³/mol. The number of anilines is 1. The lowest BCUT2D eigenvalue weighted by molar-refractivity contribution is -0.117. The van der Waals surface area contributed by atoms with Gasteiger partial charge in [-0.05, 0) is 24.0 Å². The van der Waals surface area contributed by atoms with Crippen LogP contribution in [0.2, 0.25) is 0 Å². The predicted octanol–water partition coefficient (Wildman–Crippen LogP) is 1.91. The first-order valence-electron chi connectivity index (χ1n) is 6.26. The minimum atomic E-state index is -0.517. The van der Waals surface area contributed by atoms with Crippen molar-refractivity contribution < 1.29 is 9.90 Å². The highest BCUT2D eigenvalue weighted by Crippen LogP contribution is 2.30. The summed E-state index contributed by atoms with van der Waals surface area (Å²) in [6.07, 6.45) is 1.55. The second kappa shape index (κ2) is 4.88. The number of carbonyl (C=O) groups is 1. The van der Waals surface area contributed by atoms with E-state index in [4.69, 9.17) is 0 Å². The number of para-hydroxylation sites is 1. The van der Waals surface area contributed by atoms with Crippen molar-refractivity contribution >= 4 is 11.6 Å². The Hall–Kier alpha value is -1.35. The van der Waals surface area contributed by atoms with E-state index in [0.717, 1.165) is 18.5 Å². The average molecular weight is 233 g/mol. The van der Waals surface area contributed by atoms with Crippen molar-refractivity contribution in [3.05, 3.63) is 29.3 Å². The van der Waals surface area contributed by atoms with Crippen LogP contribution in [0, 0.1) is 0 Å². The summed E-state index contributed by atoms with van der Waals surface area (Å²) < 4.78 is 0. The van der Waals surface area contributed by atoms with Crippen LogP contribution in [0.4, 0.5) is 5.69 Å². The van der Waals surface area contributed by atoms with Crippen LogP contribution in [0.3, 0.4) is 0 Å². The zero-order valence-electron chi connectivity index (χ0n) is 10.4. The van der Waals surface area contributed by atoms with Gasteiger partial charge in [-0.25, -0.2) is 0 Å². The zero-order valence-corrected chi connectivity index (χ0v) is 10.4. The molecule has 0 bridgehead atoms. The van der Waals surface area contributed by atoms with Crippen molar-refractivity contribution in [3.63, 3.8) is 0 Å². The molecule has 1 aromatic rings. The molecule has 3 heteroatoms. The van der Waals surface area contributed by atoms with Gasteiger partial charge in [0.15, 0.2) is 0 Å². The lowest BCUT2D eigenvalue weighted by atomic mass is 10.0. The molecule has 1 unspecified atom stereocenters. The Morgan fingerprint density at radius 2 is 1.88 bits per heavy atom. The first kappa shape index (κ1) is 12.1. The number of amides is 1. The van der Waals surface area contributed by atoms with E-state index in [9.17, 15) is 9.90 Å². The van der Waals surface area contributed by atoms with Gasteiger partial charge in [0.05, 0.1) is 24.8 Å². The molecule has 2 rings (SSSR count). The van der Waals surface area contributed by atoms with E-state index >= 15 is 0 Å². The van der Waals surface area contributed by atoms with Crippen LogP contribution >= 0.6 is 0 Å². The maximum absolute atomic E-state index is 11.9. The van der Waals surface area contributed by atoms with Gasteiger partial charge < -0.3 is 10.0 Å². The highest BCUT2D eigenvalue weighted by Gasteiger charge is 2.31. The number of nitrogens with zero attached hydrogens (tertiary/aromatic N) is 1. The van der Waals surface area contributed by atoms with Gasteiger partial charge in [-0.1, -0.05) is 32.0 Å². The molecule has 1 fully saturated rings. The van der Waals surface area contributed by atoms with Crippen LogP contribution in [0.5, 0.6) is 0 Å². The van der Waals surface area contributed by atoms with E-state index in [0.29, 0.717) is 6.54 Å². The summed E-state index contributed by atoms with van der Waals surface area (Å²) in [5.41, 5.74) is 3.40. The summed E-state index contributed by atoms with van der Waals surface area (Å²) in [6.45, 7) is 4.62. The van der Waals surface area contributed by atoms with Gasteiger partial charge in [0.1, 0.15) is 0 Å². The molecular weight excluding hydrogens is 214 g/mol. The van der Waals surface area contributed by atoms with Gasteiger partial charge >= 0.3 is 0 Å². The summed E-state index contributed by atoms with van der Waals surface area (Å²) in [5, 5.41) is 9.60. The van der Waals surface area contributed by atoms with Crippen LogP contribution in [-0.2, 0) is 17.6 Å². The van der Waals surface area contributed by atoms with Gasteiger partial charge in [-0.2, -0.15) is 0 Å². The molecule has 0 saturated carbocycles. The highest BCUT2D eigenvalue weighted by molar-refractivity contribution is 5.97. The van der Waals surface area contributed by atoms with Gasteiger partial charge in [0, 0.05) is 0 Å². The monoisotopic (exact) mass is 233 g/mol. The maximum Gasteiger partial charge on any atom is 0.229 e. The summed E-state index contributed by atoms with van der Waals surface area (Å²) in [7, 11) is 0. The fourth-order valence-corrected chi connectivity index (χ4v) is 2.47. The van der Waals surface area contributed by atoms with Crippen molar-refractivity contribution in [2.75, 3.05) is 11.4 Å². The van der Waals surface area contributed by atoms with E-state index in [1.54, 1.807) is 4.90 Å².